The van der Waals surface area contributed by atoms with E-state index < -0.39 is 0 Å². The molecule has 0 saturated carbocycles. The second-order valence-electron chi connectivity index (χ2n) is 5.33. The Labute approximate surface area is 125 Å². The van der Waals surface area contributed by atoms with Crippen molar-refractivity contribution in [2.24, 2.45) is 0 Å². The Bertz CT molecular complexity index is 701. The van der Waals surface area contributed by atoms with Crippen LogP contribution in [0.4, 0.5) is 0 Å². The molecule has 3 nitrogen and oxygen atoms in total. The molecule has 2 aromatic heterocycles. The Kier molecular flexibility index (Phi) is 4.31. The third-order valence-electron chi connectivity index (χ3n) is 3.75. The number of hydrogen-bond acceptors (Lipinski definition) is 2. The molecule has 21 heavy (non-hydrogen) atoms. The lowest BCUT2D eigenvalue weighted by Gasteiger charge is -2.08. The molecule has 3 aromatic rings. The molecule has 108 valence electrons. The Morgan fingerprint density at radius 3 is 2.76 bits per heavy atom. The first-order chi connectivity index (χ1) is 10.4. The fourth-order valence-corrected chi connectivity index (χ4v) is 2.66. The Morgan fingerprint density at radius 2 is 1.95 bits per heavy atom. The maximum atomic E-state index is 4.08. The lowest BCUT2D eigenvalue weighted by atomic mass is 10.1. The molecule has 0 saturated heterocycles. The van der Waals surface area contributed by atoms with Crippen LogP contribution in [0.2, 0.25) is 0 Å². The van der Waals surface area contributed by atoms with E-state index in [2.05, 4.69) is 64.4 Å². The molecule has 0 aliphatic heterocycles. The normalized spacial score (nSPS) is 11.1. The van der Waals surface area contributed by atoms with Crippen molar-refractivity contribution in [1.82, 2.24) is 14.9 Å². The van der Waals surface area contributed by atoms with Crippen LogP contribution >= 0.6 is 0 Å². The van der Waals surface area contributed by atoms with Crippen LogP contribution in [0.1, 0.15) is 24.5 Å². The highest BCUT2D eigenvalue weighted by Gasteiger charge is 2.05. The SMILES string of the molecule is CCCNCc1cccc2c1ccn2Cc1ccncc1. The van der Waals surface area contributed by atoms with Gasteiger partial charge in [-0.05, 0) is 48.4 Å². The largest absolute Gasteiger partial charge is 0.343 e. The molecule has 1 aromatic carbocycles. The number of hydrogen-bond donors (Lipinski definition) is 1. The van der Waals surface area contributed by atoms with Crippen molar-refractivity contribution in [1.29, 1.82) is 0 Å². The van der Waals surface area contributed by atoms with E-state index in [0.29, 0.717) is 0 Å². The number of nitrogens with zero attached hydrogens (tertiary/aromatic N) is 2. The number of benzene rings is 1. The predicted octanol–water partition coefficient (Wildman–Crippen LogP) is 3.58. The van der Waals surface area contributed by atoms with E-state index in [1.54, 1.807) is 0 Å². The standard InChI is InChI=1S/C18H21N3/c1-2-9-20-13-16-4-3-5-18-17(16)8-12-21(18)14-15-6-10-19-11-7-15/h3-8,10-12,20H,2,9,13-14H2,1H3. The second-order valence-corrected chi connectivity index (χ2v) is 5.33. The number of aromatic nitrogens is 2. The van der Waals surface area contributed by atoms with Crippen molar-refractivity contribution in [2.75, 3.05) is 6.54 Å². The minimum atomic E-state index is 0.887. The summed E-state index contributed by atoms with van der Waals surface area (Å²) in [5.41, 5.74) is 3.94. The van der Waals surface area contributed by atoms with E-state index in [1.807, 2.05) is 12.4 Å². The highest BCUT2D eigenvalue weighted by molar-refractivity contribution is 5.83. The van der Waals surface area contributed by atoms with Gasteiger partial charge in [0.15, 0.2) is 0 Å². The van der Waals surface area contributed by atoms with Crippen molar-refractivity contribution in [3.63, 3.8) is 0 Å². The topological polar surface area (TPSA) is 29.9 Å². The van der Waals surface area contributed by atoms with Gasteiger partial charge in [-0.1, -0.05) is 19.1 Å². The monoisotopic (exact) mass is 279 g/mol. The van der Waals surface area contributed by atoms with Gasteiger partial charge in [0.1, 0.15) is 0 Å². The fourth-order valence-electron chi connectivity index (χ4n) is 2.66. The Balaban J connectivity index is 1.86. The summed E-state index contributed by atoms with van der Waals surface area (Å²) in [5, 5.41) is 4.83. The van der Waals surface area contributed by atoms with Gasteiger partial charge in [-0.25, -0.2) is 0 Å². The molecule has 0 atom stereocenters. The highest BCUT2D eigenvalue weighted by Crippen LogP contribution is 2.21. The first-order valence-electron chi connectivity index (χ1n) is 7.55. The van der Waals surface area contributed by atoms with Gasteiger partial charge in [-0.15, -0.1) is 0 Å². The van der Waals surface area contributed by atoms with Crippen LogP contribution in [0.5, 0.6) is 0 Å². The molecule has 0 unspecified atom stereocenters. The van der Waals surface area contributed by atoms with Crippen molar-refractivity contribution in [2.45, 2.75) is 26.4 Å². The zero-order valence-electron chi connectivity index (χ0n) is 12.4. The predicted molar refractivity (Wildman–Crippen MR) is 87.3 cm³/mol. The first-order valence-corrected chi connectivity index (χ1v) is 7.55. The van der Waals surface area contributed by atoms with Gasteiger partial charge in [0.05, 0.1) is 0 Å². The van der Waals surface area contributed by atoms with Crippen LogP contribution in [0.15, 0.2) is 55.0 Å². The molecular weight excluding hydrogens is 258 g/mol. The Morgan fingerprint density at radius 1 is 1.10 bits per heavy atom. The average Bonchev–Trinajstić information content (AvgIpc) is 2.93. The summed E-state index contributed by atoms with van der Waals surface area (Å²) in [6.07, 6.45) is 7.04. The van der Waals surface area contributed by atoms with Crippen molar-refractivity contribution < 1.29 is 0 Å². The Hall–Kier alpha value is -2.13. The van der Waals surface area contributed by atoms with Crippen LogP contribution < -0.4 is 5.32 Å². The maximum Gasteiger partial charge on any atom is 0.0486 e. The molecule has 0 aliphatic carbocycles. The summed E-state index contributed by atoms with van der Waals surface area (Å²) >= 11 is 0. The molecule has 0 fully saturated rings. The van der Waals surface area contributed by atoms with Crippen LogP contribution in [-0.4, -0.2) is 16.1 Å². The molecule has 3 heteroatoms. The van der Waals surface area contributed by atoms with Gasteiger partial charge in [-0.3, -0.25) is 4.98 Å². The van der Waals surface area contributed by atoms with Crippen LogP contribution in [-0.2, 0) is 13.1 Å². The lowest BCUT2D eigenvalue weighted by Crippen LogP contribution is -2.13. The molecule has 0 bridgehead atoms. The van der Waals surface area contributed by atoms with Crippen LogP contribution in [0.25, 0.3) is 10.9 Å². The van der Waals surface area contributed by atoms with Gasteiger partial charge in [0, 0.05) is 42.6 Å². The minimum Gasteiger partial charge on any atom is -0.343 e. The molecule has 0 radical (unpaired) electrons. The average molecular weight is 279 g/mol. The molecule has 3 rings (SSSR count). The second kappa shape index (κ2) is 6.55. The number of pyridine rings is 1. The van der Waals surface area contributed by atoms with Crippen molar-refractivity contribution >= 4 is 10.9 Å². The van der Waals surface area contributed by atoms with E-state index in [0.717, 1.165) is 19.6 Å². The summed E-state index contributed by atoms with van der Waals surface area (Å²) < 4.78 is 2.30. The zero-order chi connectivity index (χ0) is 14.5. The van der Waals surface area contributed by atoms with Crippen LogP contribution in [0, 0.1) is 0 Å². The van der Waals surface area contributed by atoms with Gasteiger partial charge in [-0.2, -0.15) is 0 Å². The fraction of sp³-hybridized carbons (Fsp3) is 0.278. The molecular formula is C18H21N3. The number of fused-ring (bicyclic) bond motifs is 1. The first kappa shape index (κ1) is 13.8. The molecule has 2 heterocycles. The number of nitrogens with one attached hydrogen (secondary N) is 1. The molecule has 0 aliphatic rings. The van der Waals surface area contributed by atoms with Crippen molar-refractivity contribution in [3.8, 4) is 0 Å². The highest BCUT2D eigenvalue weighted by atomic mass is 15.0. The summed E-state index contributed by atoms with van der Waals surface area (Å²) in [6, 6.07) is 12.9. The third-order valence-corrected chi connectivity index (χ3v) is 3.75. The molecule has 1 N–H and O–H groups in total. The van der Waals surface area contributed by atoms with Gasteiger partial charge in [0.2, 0.25) is 0 Å². The van der Waals surface area contributed by atoms with E-state index in [4.69, 9.17) is 0 Å². The van der Waals surface area contributed by atoms with E-state index in [1.165, 1.54) is 28.5 Å². The summed E-state index contributed by atoms with van der Waals surface area (Å²) in [7, 11) is 0. The van der Waals surface area contributed by atoms with Crippen LogP contribution in [0.3, 0.4) is 0 Å². The summed E-state index contributed by atoms with van der Waals surface area (Å²) in [4.78, 5) is 4.08. The van der Waals surface area contributed by atoms with E-state index >= 15 is 0 Å². The van der Waals surface area contributed by atoms with E-state index in [-0.39, 0.29) is 0 Å². The molecule has 0 spiro atoms. The third kappa shape index (κ3) is 3.14. The van der Waals surface area contributed by atoms with Crippen molar-refractivity contribution in [3.05, 3.63) is 66.1 Å². The maximum absolute atomic E-state index is 4.08. The van der Waals surface area contributed by atoms with Gasteiger partial charge in [0.25, 0.3) is 0 Å². The quantitative estimate of drug-likeness (QED) is 0.699. The summed E-state index contributed by atoms with van der Waals surface area (Å²) in [6.45, 7) is 5.08. The summed E-state index contributed by atoms with van der Waals surface area (Å²) in [5.74, 6) is 0. The lowest BCUT2D eigenvalue weighted by molar-refractivity contribution is 0.678. The molecule has 0 amide bonds. The van der Waals surface area contributed by atoms with E-state index in [9.17, 15) is 0 Å². The van der Waals surface area contributed by atoms with Gasteiger partial charge < -0.3 is 9.88 Å². The zero-order valence-corrected chi connectivity index (χ0v) is 12.4. The van der Waals surface area contributed by atoms with Gasteiger partial charge >= 0.3 is 0 Å². The number of rotatable bonds is 6. The minimum absolute atomic E-state index is 0.887. The smallest absolute Gasteiger partial charge is 0.0486 e.